The van der Waals surface area contributed by atoms with Crippen LogP contribution in [0, 0.1) is 5.92 Å². The number of methoxy groups -OCH3 is 1. The zero-order chi connectivity index (χ0) is 32.4. The zero-order valence-corrected chi connectivity index (χ0v) is 26.1. The zero-order valence-electron chi connectivity index (χ0n) is 26.1. The van der Waals surface area contributed by atoms with Gasteiger partial charge < -0.3 is 30.1 Å². The lowest BCUT2D eigenvalue weighted by atomic mass is 10.0. The third-order valence-corrected chi connectivity index (χ3v) is 8.45. The largest absolute Gasteiger partial charge is 0.497 e. The first-order chi connectivity index (χ1) is 21.4. The van der Waals surface area contributed by atoms with E-state index in [9.17, 15) is 24.3 Å². The fourth-order valence-corrected chi connectivity index (χ4v) is 5.95. The van der Waals surface area contributed by atoms with Crippen molar-refractivity contribution in [1.82, 2.24) is 35.7 Å². The van der Waals surface area contributed by atoms with E-state index in [0.717, 1.165) is 19.3 Å². The van der Waals surface area contributed by atoms with Crippen LogP contribution in [-0.4, -0.2) is 91.0 Å². The monoisotopic (exact) mass is 623 g/mol. The molecule has 3 amide bonds. The fourth-order valence-electron chi connectivity index (χ4n) is 5.95. The predicted molar refractivity (Wildman–Crippen MR) is 161 cm³/mol. The molecule has 2 fully saturated rings. The number of carbonyl (C=O) groups excluding carboxylic acids is 3. The van der Waals surface area contributed by atoms with Crippen LogP contribution in [0.4, 0.5) is 4.79 Å². The smallest absolute Gasteiger partial charge is 0.408 e. The number of aliphatic carboxylic acids is 1. The molecule has 1 aromatic heterocycles. The minimum Gasteiger partial charge on any atom is -0.497 e. The summed E-state index contributed by atoms with van der Waals surface area (Å²) >= 11 is 0. The maximum absolute atomic E-state index is 14.2. The van der Waals surface area contributed by atoms with Gasteiger partial charge in [0.2, 0.25) is 11.8 Å². The minimum absolute atomic E-state index is 0.0845. The molecule has 5 rings (SSSR count). The average molecular weight is 624 g/mol. The van der Waals surface area contributed by atoms with Crippen molar-refractivity contribution in [1.29, 1.82) is 0 Å². The highest BCUT2D eigenvalue weighted by molar-refractivity contribution is 5.96. The van der Waals surface area contributed by atoms with E-state index in [1.54, 1.807) is 52.1 Å². The number of tetrazole rings is 1. The maximum Gasteiger partial charge on any atom is 0.408 e. The van der Waals surface area contributed by atoms with Gasteiger partial charge in [-0.1, -0.05) is 25.0 Å². The van der Waals surface area contributed by atoms with Gasteiger partial charge in [-0.2, -0.15) is 0 Å². The maximum atomic E-state index is 14.2. The van der Waals surface area contributed by atoms with E-state index in [2.05, 4.69) is 26.0 Å². The summed E-state index contributed by atoms with van der Waals surface area (Å²) in [6, 6.07) is 5.13. The second kappa shape index (κ2) is 12.9. The molecule has 14 nitrogen and oxygen atoms in total. The van der Waals surface area contributed by atoms with E-state index in [4.69, 9.17) is 9.47 Å². The first-order valence-corrected chi connectivity index (χ1v) is 15.4. The molecule has 3 N–H and O–H groups in total. The van der Waals surface area contributed by atoms with Crippen molar-refractivity contribution >= 4 is 23.9 Å². The summed E-state index contributed by atoms with van der Waals surface area (Å²) in [5.74, 6) is -1.92. The number of rotatable bonds is 5. The first kappa shape index (κ1) is 31.9. The van der Waals surface area contributed by atoms with Crippen molar-refractivity contribution in [3.05, 3.63) is 42.2 Å². The summed E-state index contributed by atoms with van der Waals surface area (Å²) in [5, 5.41) is 28.5. The number of aromatic nitrogens is 4. The number of allylic oxidation sites excluding steroid dienone is 1. The number of nitrogens with one attached hydrogen (secondary N) is 2. The molecule has 0 bridgehead atoms. The van der Waals surface area contributed by atoms with Crippen LogP contribution in [0.2, 0.25) is 0 Å². The Kier molecular flexibility index (Phi) is 9.12. The van der Waals surface area contributed by atoms with Crippen molar-refractivity contribution in [2.24, 2.45) is 5.92 Å². The van der Waals surface area contributed by atoms with Crippen LogP contribution in [0.3, 0.4) is 0 Å². The van der Waals surface area contributed by atoms with Gasteiger partial charge in [0.15, 0.2) is 5.82 Å². The molecule has 2 aliphatic heterocycles. The van der Waals surface area contributed by atoms with Crippen molar-refractivity contribution in [2.75, 3.05) is 13.7 Å². The lowest BCUT2D eigenvalue weighted by Gasteiger charge is -2.30. The highest BCUT2D eigenvalue weighted by Crippen LogP contribution is 2.45. The Labute approximate surface area is 261 Å². The Morgan fingerprint density at radius 1 is 1.13 bits per heavy atom. The molecule has 1 saturated heterocycles. The van der Waals surface area contributed by atoms with E-state index in [1.165, 1.54) is 9.70 Å². The molecule has 14 heteroatoms. The van der Waals surface area contributed by atoms with Gasteiger partial charge in [0.05, 0.1) is 12.8 Å². The molecule has 0 unspecified atom stereocenters. The van der Waals surface area contributed by atoms with Crippen LogP contribution < -0.4 is 15.4 Å². The normalized spacial score (nSPS) is 27.3. The summed E-state index contributed by atoms with van der Waals surface area (Å²) in [5.41, 5.74) is -1.55. The van der Waals surface area contributed by atoms with E-state index in [-0.39, 0.29) is 25.3 Å². The number of carbonyl (C=O) groups is 4. The highest BCUT2D eigenvalue weighted by atomic mass is 16.6. The van der Waals surface area contributed by atoms with Gasteiger partial charge in [0.1, 0.15) is 29.0 Å². The molecular formula is C31H41N7O7. The number of amides is 3. The number of fused-ring (bicyclic) bond motifs is 2. The SMILES string of the molecule is COc1ccc(-n2nnc([C@@H]3C[C@H]4C(=O)N[C@]5(C(=O)O)C[C@H]5C=CCCCCC[C@H](NC(=O)OC(C)(C)C)C(=O)N4C3)n2)cc1. The average Bonchev–Trinajstić information content (AvgIpc) is 3.31. The van der Waals surface area contributed by atoms with Crippen LogP contribution in [0.5, 0.6) is 5.75 Å². The quantitative estimate of drug-likeness (QED) is 0.420. The molecule has 0 spiro atoms. The van der Waals surface area contributed by atoms with Gasteiger partial charge in [-0.25, -0.2) is 9.59 Å². The van der Waals surface area contributed by atoms with E-state index in [0.29, 0.717) is 30.1 Å². The summed E-state index contributed by atoms with van der Waals surface area (Å²) in [4.78, 5) is 55.9. The second-order valence-corrected chi connectivity index (χ2v) is 12.9. The van der Waals surface area contributed by atoms with E-state index < -0.39 is 53.0 Å². The lowest BCUT2D eigenvalue weighted by molar-refractivity contribution is -0.145. The Morgan fingerprint density at radius 3 is 2.58 bits per heavy atom. The van der Waals surface area contributed by atoms with Gasteiger partial charge in [0, 0.05) is 18.4 Å². The molecule has 3 heterocycles. The van der Waals surface area contributed by atoms with Crippen molar-refractivity contribution < 1.29 is 33.8 Å². The molecular weight excluding hydrogens is 582 g/mol. The number of carboxylic acids is 1. The molecule has 1 aromatic carbocycles. The van der Waals surface area contributed by atoms with E-state index >= 15 is 0 Å². The minimum atomic E-state index is -1.43. The Morgan fingerprint density at radius 2 is 1.89 bits per heavy atom. The first-order valence-electron chi connectivity index (χ1n) is 15.4. The van der Waals surface area contributed by atoms with Crippen LogP contribution in [0.15, 0.2) is 36.4 Å². The topological polar surface area (TPSA) is 178 Å². The van der Waals surface area contributed by atoms with Gasteiger partial charge in [-0.3, -0.25) is 9.59 Å². The number of hydrogen-bond donors (Lipinski definition) is 3. The van der Waals surface area contributed by atoms with Crippen LogP contribution in [0.1, 0.15) is 77.5 Å². The van der Waals surface area contributed by atoms with Crippen LogP contribution in [0.25, 0.3) is 5.69 Å². The van der Waals surface area contributed by atoms with Crippen molar-refractivity contribution in [3.8, 4) is 11.4 Å². The van der Waals surface area contributed by atoms with Gasteiger partial charge >= 0.3 is 12.1 Å². The number of benzene rings is 1. The highest BCUT2D eigenvalue weighted by Gasteiger charge is 2.61. The van der Waals surface area contributed by atoms with Crippen LogP contribution >= 0.6 is 0 Å². The third-order valence-electron chi connectivity index (χ3n) is 8.45. The molecule has 2 aromatic rings. The third kappa shape index (κ3) is 7.26. The standard InChI is InChI=1S/C31H41N7O7/c1-30(2,3)45-29(43)32-23-11-9-7-5-6-8-10-20-17-31(20,28(41)42)33-26(39)24-16-19(18-37(24)27(23)40)25-34-36-38(35-25)21-12-14-22(44-4)15-13-21/h8,10,12-15,19-20,23-24H,5-7,9,11,16-18H2,1-4H3,(H,32,43)(H,33,39)(H,41,42)/t19-,20-,23+,24+,31-/m1/s1. The number of ether oxygens (including phenoxy) is 2. The fraction of sp³-hybridized carbons (Fsp3) is 0.581. The Bertz CT molecular complexity index is 1450. The van der Waals surface area contributed by atoms with Crippen molar-refractivity contribution in [3.63, 3.8) is 0 Å². The van der Waals surface area contributed by atoms with Crippen LogP contribution in [-0.2, 0) is 19.1 Å². The Hall–Kier alpha value is -4.49. The summed E-state index contributed by atoms with van der Waals surface area (Å²) in [6.07, 6.45) is 6.93. The Balaban J connectivity index is 1.43. The number of carboxylic acid groups (broad SMARTS) is 1. The van der Waals surface area contributed by atoms with Gasteiger partial charge in [-0.05, 0) is 82.4 Å². The molecule has 1 saturated carbocycles. The number of nitrogens with zero attached hydrogens (tertiary/aromatic N) is 5. The molecule has 45 heavy (non-hydrogen) atoms. The molecule has 3 aliphatic rings. The van der Waals surface area contributed by atoms with Gasteiger partial charge in [0.25, 0.3) is 0 Å². The molecule has 0 radical (unpaired) electrons. The predicted octanol–water partition coefficient (Wildman–Crippen LogP) is 2.73. The summed E-state index contributed by atoms with van der Waals surface area (Å²) in [6.45, 7) is 5.29. The van der Waals surface area contributed by atoms with Gasteiger partial charge in [-0.15, -0.1) is 15.0 Å². The van der Waals surface area contributed by atoms with E-state index in [1.807, 2.05) is 12.2 Å². The molecule has 5 atom stereocenters. The summed E-state index contributed by atoms with van der Waals surface area (Å²) in [7, 11) is 1.57. The summed E-state index contributed by atoms with van der Waals surface area (Å²) < 4.78 is 10.7. The van der Waals surface area contributed by atoms with Crippen molar-refractivity contribution in [2.45, 2.75) is 94.9 Å². The second-order valence-electron chi connectivity index (χ2n) is 12.9. The number of alkyl carbamates (subject to hydrolysis) is 1. The molecule has 242 valence electrons. The number of hydrogen-bond acceptors (Lipinski definition) is 9. The lowest BCUT2D eigenvalue weighted by Crippen LogP contribution is -2.56. The molecule has 1 aliphatic carbocycles.